The average Bonchev–Trinajstić information content (AvgIpc) is 3.63. The standard InChI is InChI=1S/C28H34F5N5O4S2/c1-2-44(40,41)22-9-3-17(4-10-22)23(11-12-34)37-25(39)24-14-35-27(43-24)38-15-20(13-21(38)16-42-26(29)30)36-19-7-5-18(6-8-19)28(31,32)33/h3-4,9-10,14,18-21,23,26,36H,2,5-8,11,13,15-16H2,1H3,(H,37,39)/t18?,19?,20-,21-,23-/m0/s1. The largest absolute Gasteiger partial charge is 0.391 e. The maximum atomic E-state index is 13.1. The summed E-state index contributed by atoms with van der Waals surface area (Å²) in [7, 11) is -3.42. The van der Waals surface area contributed by atoms with Crippen LogP contribution >= 0.6 is 11.3 Å². The molecule has 16 heteroatoms. The molecule has 2 fully saturated rings. The first-order valence-electron chi connectivity index (χ1n) is 14.3. The summed E-state index contributed by atoms with van der Waals surface area (Å²) < 4.78 is 93.8. The van der Waals surface area contributed by atoms with E-state index in [0.717, 1.165) is 11.3 Å². The van der Waals surface area contributed by atoms with Crippen LogP contribution in [-0.4, -0.2) is 69.1 Å². The van der Waals surface area contributed by atoms with E-state index in [9.17, 15) is 40.4 Å². The molecule has 2 N–H and O–H groups in total. The average molecular weight is 664 g/mol. The van der Waals surface area contributed by atoms with Crippen LogP contribution in [0.4, 0.5) is 27.1 Å². The Hall–Kier alpha value is -2.87. The van der Waals surface area contributed by atoms with Gasteiger partial charge in [0.15, 0.2) is 15.0 Å². The van der Waals surface area contributed by atoms with Crippen LogP contribution in [0.5, 0.6) is 0 Å². The molecule has 3 atom stereocenters. The number of thiazole rings is 1. The molecule has 1 aliphatic heterocycles. The monoisotopic (exact) mass is 663 g/mol. The Balaban J connectivity index is 1.42. The lowest BCUT2D eigenvalue weighted by atomic mass is 9.85. The lowest BCUT2D eigenvalue weighted by molar-refractivity contribution is -0.182. The number of aromatic nitrogens is 1. The van der Waals surface area contributed by atoms with Gasteiger partial charge >= 0.3 is 12.8 Å². The number of amides is 1. The summed E-state index contributed by atoms with van der Waals surface area (Å²) in [4.78, 5) is 19.6. The molecule has 44 heavy (non-hydrogen) atoms. The van der Waals surface area contributed by atoms with Crippen molar-refractivity contribution in [2.75, 3.05) is 23.8 Å². The Morgan fingerprint density at radius 3 is 2.45 bits per heavy atom. The maximum Gasteiger partial charge on any atom is 0.391 e. The molecule has 0 bridgehead atoms. The molecule has 1 aliphatic carbocycles. The Kier molecular flexibility index (Phi) is 11.2. The van der Waals surface area contributed by atoms with Crippen LogP contribution in [0.3, 0.4) is 0 Å². The van der Waals surface area contributed by atoms with Gasteiger partial charge in [0.2, 0.25) is 0 Å². The molecule has 1 aromatic carbocycles. The highest BCUT2D eigenvalue weighted by atomic mass is 32.2. The molecule has 9 nitrogen and oxygen atoms in total. The van der Waals surface area contributed by atoms with Crippen molar-refractivity contribution in [2.24, 2.45) is 5.92 Å². The highest BCUT2D eigenvalue weighted by Crippen LogP contribution is 2.38. The number of nitriles is 1. The molecule has 4 rings (SSSR count). The number of hydrogen-bond donors (Lipinski definition) is 2. The molecular weight excluding hydrogens is 629 g/mol. The molecule has 0 unspecified atom stereocenters. The minimum Gasteiger partial charge on any atom is -0.343 e. The predicted octanol–water partition coefficient (Wildman–Crippen LogP) is 5.22. The molecular formula is C28H34F5N5O4S2. The van der Waals surface area contributed by atoms with Gasteiger partial charge in [-0.3, -0.25) is 4.79 Å². The lowest BCUT2D eigenvalue weighted by Crippen LogP contribution is -2.43. The van der Waals surface area contributed by atoms with Crippen LogP contribution in [0.15, 0.2) is 35.4 Å². The van der Waals surface area contributed by atoms with Crippen LogP contribution in [0.2, 0.25) is 0 Å². The minimum absolute atomic E-state index is 0.0370. The normalized spacial score (nSPS) is 23.5. The van der Waals surface area contributed by atoms with Gasteiger partial charge in [-0.15, -0.1) is 0 Å². The number of rotatable bonds is 12. The number of nitrogens with zero attached hydrogens (tertiary/aromatic N) is 3. The highest BCUT2D eigenvalue weighted by molar-refractivity contribution is 7.91. The van der Waals surface area contributed by atoms with Gasteiger partial charge in [0.1, 0.15) is 4.88 Å². The molecule has 2 aromatic rings. The third kappa shape index (κ3) is 8.64. The number of halogens is 5. The third-order valence-electron chi connectivity index (χ3n) is 8.08. The predicted molar refractivity (Wildman–Crippen MR) is 153 cm³/mol. The summed E-state index contributed by atoms with van der Waals surface area (Å²) in [6.45, 7) is -1.40. The Labute approximate surface area is 256 Å². The van der Waals surface area contributed by atoms with Gasteiger partial charge in [0.05, 0.1) is 53.9 Å². The number of nitrogens with one attached hydrogen (secondary N) is 2. The van der Waals surface area contributed by atoms with Crippen molar-refractivity contribution in [1.29, 1.82) is 5.26 Å². The van der Waals surface area contributed by atoms with Crippen molar-refractivity contribution in [3.63, 3.8) is 0 Å². The van der Waals surface area contributed by atoms with Crippen molar-refractivity contribution in [2.45, 2.75) is 87.3 Å². The van der Waals surface area contributed by atoms with E-state index in [0.29, 0.717) is 36.5 Å². The van der Waals surface area contributed by atoms with Gasteiger partial charge < -0.3 is 20.3 Å². The number of anilines is 1. The second-order valence-electron chi connectivity index (χ2n) is 11.0. The van der Waals surface area contributed by atoms with E-state index in [-0.39, 0.29) is 53.5 Å². The highest BCUT2D eigenvalue weighted by Gasteiger charge is 2.42. The van der Waals surface area contributed by atoms with Crippen LogP contribution in [-0.2, 0) is 14.6 Å². The van der Waals surface area contributed by atoms with E-state index in [1.165, 1.54) is 25.3 Å². The summed E-state index contributed by atoms with van der Waals surface area (Å²) in [5, 5.41) is 15.9. The van der Waals surface area contributed by atoms with Crippen LogP contribution in [0.25, 0.3) is 0 Å². The van der Waals surface area contributed by atoms with E-state index in [1.54, 1.807) is 17.0 Å². The smallest absolute Gasteiger partial charge is 0.343 e. The summed E-state index contributed by atoms with van der Waals surface area (Å²) in [6, 6.07) is 6.41. The Morgan fingerprint density at radius 2 is 1.86 bits per heavy atom. The first-order valence-corrected chi connectivity index (χ1v) is 16.7. The second-order valence-corrected chi connectivity index (χ2v) is 14.2. The van der Waals surface area contributed by atoms with Gasteiger partial charge in [-0.05, 0) is 49.8 Å². The SMILES string of the molecule is CCS(=O)(=O)c1ccc([C@H](CC#N)NC(=O)c2cnc(N3C[C@@H](NC4CCC(C(F)(F)F)CC4)C[C@H]3COC(F)F)s2)cc1. The second kappa shape index (κ2) is 14.5. The van der Waals surface area contributed by atoms with Gasteiger partial charge in [0, 0.05) is 18.6 Å². The molecule has 1 saturated heterocycles. The molecule has 0 spiro atoms. The molecule has 2 aliphatic rings. The van der Waals surface area contributed by atoms with Gasteiger partial charge in [-0.1, -0.05) is 30.4 Å². The first kappa shape index (κ1) is 34.0. The van der Waals surface area contributed by atoms with Crippen molar-refractivity contribution in [3.05, 3.63) is 40.9 Å². The number of benzene rings is 1. The van der Waals surface area contributed by atoms with E-state index in [1.807, 2.05) is 6.07 Å². The van der Waals surface area contributed by atoms with E-state index in [4.69, 9.17) is 0 Å². The zero-order valence-corrected chi connectivity index (χ0v) is 25.5. The van der Waals surface area contributed by atoms with Gasteiger partial charge in [-0.25, -0.2) is 13.4 Å². The molecule has 1 saturated carbocycles. The molecule has 1 amide bonds. The summed E-state index contributed by atoms with van der Waals surface area (Å²) >= 11 is 1.04. The van der Waals surface area contributed by atoms with Crippen LogP contribution < -0.4 is 15.5 Å². The van der Waals surface area contributed by atoms with E-state index >= 15 is 0 Å². The van der Waals surface area contributed by atoms with Crippen molar-refractivity contribution in [3.8, 4) is 6.07 Å². The quantitative estimate of drug-likeness (QED) is 0.297. The summed E-state index contributed by atoms with van der Waals surface area (Å²) in [6.07, 6.45) is -1.73. The van der Waals surface area contributed by atoms with E-state index < -0.39 is 46.5 Å². The fraction of sp³-hybridized carbons (Fsp3) is 0.607. The van der Waals surface area contributed by atoms with Crippen LogP contribution in [0.1, 0.15) is 66.7 Å². The first-order chi connectivity index (χ1) is 20.8. The molecule has 0 radical (unpaired) electrons. The number of sulfone groups is 1. The number of alkyl halides is 5. The Bertz CT molecular complexity index is 1410. The number of carbonyl (C=O) groups is 1. The number of ether oxygens (including phenoxy) is 1. The Morgan fingerprint density at radius 1 is 1.18 bits per heavy atom. The van der Waals surface area contributed by atoms with E-state index in [2.05, 4.69) is 20.4 Å². The topological polar surface area (TPSA) is 124 Å². The minimum atomic E-state index is -4.21. The lowest BCUT2D eigenvalue weighted by Gasteiger charge is -2.32. The summed E-state index contributed by atoms with van der Waals surface area (Å²) in [5.74, 6) is -1.89. The zero-order chi connectivity index (χ0) is 32.1. The maximum absolute atomic E-state index is 13.1. The zero-order valence-electron chi connectivity index (χ0n) is 23.9. The number of hydrogen-bond acceptors (Lipinski definition) is 9. The summed E-state index contributed by atoms with van der Waals surface area (Å²) in [5.41, 5.74) is 0.543. The van der Waals surface area contributed by atoms with Crippen molar-refractivity contribution >= 4 is 32.2 Å². The van der Waals surface area contributed by atoms with Gasteiger partial charge in [-0.2, -0.15) is 27.2 Å². The van der Waals surface area contributed by atoms with Crippen LogP contribution in [0, 0.1) is 17.2 Å². The third-order valence-corrected chi connectivity index (χ3v) is 10.9. The molecule has 2 heterocycles. The van der Waals surface area contributed by atoms with Gasteiger partial charge in [0.25, 0.3) is 5.91 Å². The molecule has 242 valence electrons. The van der Waals surface area contributed by atoms with Crippen molar-refractivity contribution < 1.29 is 39.9 Å². The fourth-order valence-electron chi connectivity index (χ4n) is 5.68. The fourth-order valence-corrected chi connectivity index (χ4v) is 7.47. The number of carbonyl (C=O) groups excluding carboxylic acids is 1. The molecule has 1 aromatic heterocycles. The van der Waals surface area contributed by atoms with Crippen molar-refractivity contribution in [1.82, 2.24) is 15.6 Å².